The molecule has 0 aromatic heterocycles. The highest BCUT2D eigenvalue weighted by atomic mass is 31.2. The first-order valence-electron chi connectivity index (χ1n) is 6.72. The molecule has 0 amide bonds. The Morgan fingerprint density at radius 3 is 2.32 bits per heavy atom. The van der Waals surface area contributed by atoms with Crippen LogP contribution in [0.5, 0.6) is 0 Å². The molecule has 0 aliphatic heterocycles. The third kappa shape index (κ3) is 9.10. The Hall–Kier alpha value is -1.91. The van der Waals surface area contributed by atoms with Crippen molar-refractivity contribution in [3.63, 3.8) is 0 Å². The van der Waals surface area contributed by atoms with Gasteiger partial charge in [0.25, 0.3) is 0 Å². The van der Waals surface area contributed by atoms with Crippen molar-refractivity contribution in [2.75, 3.05) is 0 Å². The zero-order chi connectivity index (χ0) is 17.0. The standard InChI is InChI=1S/C11H15O4P.C4H6O2/c1-2-3-9-11(12)15-16(13,14)10-7-5-4-6-8-10;1-3-6-4(2)5/h4-8H,2-3,9H2,1H3,(H,13,14);3H,1H2,2H3. The van der Waals surface area contributed by atoms with Crippen molar-refractivity contribution >= 4 is 24.8 Å². The predicted molar refractivity (Wildman–Crippen MR) is 83.5 cm³/mol. The molecule has 0 saturated carbocycles. The number of ether oxygens (including phenoxy) is 1. The highest BCUT2D eigenvalue weighted by molar-refractivity contribution is 7.61. The summed E-state index contributed by atoms with van der Waals surface area (Å²) in [7, 11) is -3.99. The second-order valence-electron chi connectivity index (χ2n) is 4.20. The number of hydrogen-bond acceptors (Lipinski definition) is 5. The molecule has 1 unspecified atom stereocenters. The van der Waals surface area contributed by atoms with Gasteiger partial charge in [0.1, 0.15) is 0 Å². The number of carbonyl (C=O) groups excluding carboxylic acids is 2. The lowest BCUT2D eigenvalue weighted by Gasteiger charge is -2.11. The Balaban J connectivity index is 0.000000626. The van der Waals surface area contributed by atoms with E-state index in [1.165, 1.54) is 19.1 Å². The molecular weight excluding hydrogens is 307 g/mol. The molecule has 122 valence electrons. The molecule has 6 nitrogen and oxygen atoms in total. The number of rotatable bonds is 6. The van der Waals surface area contributed by atoms with Crippen molar-refractivity contribution in [3.05, 3.63) is 43.2 Å². The van der Waals surface area contributed by atoms with Crippen LogP contribution in [0.25, 0.3) is 0 Å². The maximum absolute atomic E-state index is 11.7. The van der Waals surface area contributed by atoms with Gasteiger partial charge in [-0.05, 0) is 18.6 Å². The summed E-state index contributed by atoms with van der Waals surface area (Å²) in [6, 6.07) is 7.90. The van der Waals surface area contributed by atoms with Gasteiger partial charge in [0.2, 0.25) is 0 Å². The topological polar surface area (TPSA) is 89.9 Å². The Morgan fingerprint density at radius 1 is 1.32 bits per heavy atom. The first kappa shape index (κ1) is 20.1. The second kappa shape index (κ2) is 10.8. The van der Waals surface area contributed by atoms with E-state index >= 15 is 0 Å². The van der Waals surface area contributed by atoms with Gasteiger partial charge in [-0.1, -0.05) is 38.1 Å². The molecule has 0 heterocycles. The summed E-state index contributed by atoms with van der Waals surface area (Å²) in [5, 5.41) is 0.139. The van der Waals surface area contributed by atoms with Crippen LogP contribution in [0.1, 0.15) is 33.1 Å². The highest BCUT2D eigenvalue weighted by Gasteiger charge is 2.26. The van der Waals surface area contributed by atoms with Crippen molar-refractivity contribution in [3.8, 4) is 0 Å². The zero-order valence-corrected chi connectivity index (χ0v) is 13.6. The van der Waals surface area contributed by atoms with Crippen LogP contribution in [0.15, 0.2) is 43.2 Å². The van der Waals surface area contributed by atoms with E-state index in [-0.39, 0.29) is 17.7 Å². The molecule has 22 heavy (non-hydrogen) atoms. The van der Waals surface area contributed by atoms with E-state index in [0.717, 1.165) is 12.7 Å². The van der Waals surface area contributed by atoms with E-state index in [1.807, 2.05) is 6.92 Å². The molecular formula is C15H21O6P. The Kier molecular flexibility index (Phi) is 9.83. The van der Waals surface area contributed by atoms with Gasteiger partial charge in [-0.3, -0.25) is 9.59 Å². The number of benzene rings is 1. The summed E-state index contributed by atoms with van der Waals surface area (Å²) < 4.78 is 20.5. The molecule has 1 N–H and O–H groups in total. The molecule has 0 radical (unpaired) electrons. The molecule has 0 fully saturated rings. The minimum Gasteiger partial charge on any atom is -0.435 e. The van der Waals surface area contributed by atoms with Gasteiger partial charge in [-0.25, -0.2) is 4.57 Å². The summed E-state index contributed by atoms with van der Waals surface area (Å²) in [4.78, 5) is 30.6. The van der Waals surface area contributed by atoms with Gasteiger partial charge in [-0.15, -0.1) is 0 Å². The van der Waals surface area contributed by atoms with E-state index in [2.05, 4.69) is 15.8 Å². The minimum absolute atomic E-state index is 0.139. The van der Waals surface area contributed by atoms with Crippen LogP contribution in [0.2, 0.25) is 0 Å². The van der Waals surface area contributed by atoms with Crippen LogP contribution in [-0.4, -0.2) is 16.8 Å². The van der Waals surface area contributed by atoms with Crippen molar-refractivity contribution in [2.45, 2.75) is 33.1 Å². The lowest BCUT2D eigenvalue weighted by molar-refractivity contribution is -0.136. The third-order valence-corrected chi connectivity index (χ3v) is 3.69. The molecule has 0 spiro atoms. The fourth-order valence-electron chi connectivity index (χ4n) is 1.29. The second-order valence-corrected chi connectivity index (χ2v) is 5.94. The van der Waals surface area contributed by atoms with E-state index in [1.54, 1.807) is 18.2 Å². The lowest BCUT2D eigenvalue weighted by Crippen LogP contribution is -2.11. The number of hydrogen-bond donors (Lipinski definition) is 1. The zero-order valence-electron chi connectivity index (χ0n) is 12.7. The fourth-order valence-corrected chi connectivity index (χ4v) is 2.31. The van der Waals surface area contributed by atoms with E-state index in [9.17, 15) is 19.0 Å². The van der Waals surface area contributed by atoms with Gasteiger partial charge in [-0.2, -0.15) is 0 Å². The largest absolute Gasteiger partial charge is 0.435 e. The summed E-state index contributed by atoms with van der Waals surface area (Å²) in [6.45, 7) is 6.41. The van der Waals surface area contributed by atoms with Gasteiger partial charge < -0.3 is 14.2 Å². The Bertz CT molecular complexity index is 526. The SMILES string of the molecule is C=COC(C)=O.CCCCC(=O)OP(=O)(O)c1ccccc1. The number of esters is 1. The maximum Gasteiger partial charge on any atom is 0.410 e. The lowest BCUT2D eigenvalue weighted by atomic mass is 10.3. The first-order valence-corrected chi connectivity index (χ1v) is 8.30. The van der Waals surface area contributed by atoms with Crippen molar-refractivity contribution in [1.82, 2.24) is 0 Å². The molecule has 0 aliphatic rings. The molecule has 0 aliphatic carbocycles. The quantitative estimate of drug-likeness (QED) is 0.490. The minimum atomic E-state index is -3.99. The monoisotopic (exact) mass is 328 g/mol. The number of carbonyl (C=O) groups is 2. The molecule has 0 bridgehead atoms. The van der Waals surface area contributed by atoms with Crippen LogP contribution >= 0.6 is 7.60 Å². The maximum atomic E-state index is 11.7. The Labute approximate surface area is 130 Å². The molecule has 1 rings (SSSR count). The molecule has 1 aromatic rings. The average Bonchev–Trinajstić information content (AvgIpc) is 2.46. The van der Waals surface area contributed by atoms with Crippen LogP contribution in [0.4, 0.5) is 0 Å². The molecule has 1 atom stereocenters. The smallest absolute Gasteiger partial charge is 0.410 e. The number of unbranched alkanes of at least 4 members (excludes halogenated alkanes) is 1. The van der Waals surface area contributed by atoms with Crippen molar-refractivity contribution < 1.29 is 28.3 Å². The van der Waals surface area contributed by atoms with Crippen LogP contribution in [-0.2, 0) is 23.4 Å². The van der Waals surface area contributed by atoms with Crippen molar-refractivity contribution in [2.24, 2.45) is 0 Å². The van der Waals surface area contributed by atoms with Gasteiger partial charge in [0, 0.05) is 13.3 Å². The van der Waals surface area contributed by atoms with Crippen LogP contribution < -0.4 is 5.30 Å². The highest BCUT2D eigenvalue weighted by Crippen LogP contribution is 2.40. The molecule has 1 aromatic carbocycles. The average molecular weight is 328 g/mol. The van der Waals surface area contributed by atoms with E-state index in [4.69, 9.17) is 0 Å². The van der Waals surface area contributed by atoms with Crippen molar-refractivity contribution in [1.29, 1.82) is 0 Å². The fraction of sp³-hybridized carbons (Fsp3) is 0.333. The molecule has 0 saturated heterocycles. The third-order valence-electron chi connectivity index (χ3n) is 2.29. The summed E-state index contributed by atoms with van der Waals surface area (Å²) in [5.41, 5.74) is 0. The van der Waals surface area contributed by atoms with Crippen LogP contribution in [0.3, 0.4) is 0 Å². The summed E-state index contributed by atoms with van der Waals surface area (Å²) in [5.74, 6) is -0.957. The van der Waals surface area contributed by atoms with Gasteiger partial charge >= 0.3 is 19.5 Å². The molecule has 7 heteroatoms. The van der Waals surface area contributed by atoms with E-state index < -0.39 is 13.6 Å². The Morgan fingerprint density at radius 2 is 1.91 bits per heavy atom. The summed E-state index contributed by atoms with van der Waals surface area (Å²) in [6.07, 6.45) is 2.78. The predicted octanol–water partition coefficient (Wildman–Crippen LogP) is 2.92. The van der Waals surface area contributed by atoms with Gasteiger partial charge in [0.05, 0.1) is 11.6 Å². The normalized spacial score (nSPS) is 12.1. The van der Waals surface area contributed by atoms with E-state index in [0.29, 0.717) is 6.42 Å². The van der Waals surface area contributed by atoms with Crippen LogP contribution in [0, 0.1) is 0 Å². The summed E-state index contributed by atoms with van der Waals surface area (Å²) >= 11 is 0. The first-order chi connectivity index (χ1) is 10.3. The van der Waals surface area contributed by atoms with Gasteiger partial charge in [0.15, 0.2) is 0 Å².